The summed E-state index contributed by atoms with van der Waals surface area (Å²) in [5.74, 6) is -0.557. The van der Waals surface area contributed by atoms with Crippen molar-refractivity contribution in [1.29, 1.82) is 0 Å². The quantitative estimate of drug-likeness (QED) is 0.925. The molecule has 0 saturated carbocycles. The van der Waals surface area contributed by atoms with E-state index in [0.717, 1.165) is 12.1 Å². The third-order valence-electron chi connectivity index (χ3n) is 3.06. The summed E-state index contributed by atoms with van der Waals surface area (Å²) >= 11 is 0. The lowest BCUT2D eigenvalue weighted by Crippen LogP contribution is -2.27. The van der Waals surface area contributed by atoms with E-state index < -0.39 is 33.4 Å². The molecule has 0 radical (unpaired) electrons. The Morgan fingerprint density at radius 3 is 2.24 bits per heavy atom. The van der Waals surface area contributed by atoms with E-state index in [1.807, 2.05) is 0 Å². The normalized spacial score (nSPS) is 15.0. The zero-order chi connectivity index (χ0) is 16.5. The minimum absolute atomic E-state index is 0.316. The van der Waals surface area contributed by atoms with E-state index in [2.05, 4.69) is 4.18 Å². The molecule has 1 atom stereocenters. The molecule has 0 aromatic heterocycles. The van der Waals surface area contributed by atoms with Crippen LogP contribution in [0.1, 0.15) is 37.8 Å². The summed E-state index contributed by atoms with van der Waals surface area (Å²) in [6, 6.07) is 4.76. The zero-order valence-corrected chi connectivity index (χ0v) is 12.8. The smallest absolute Gasteiger partial charge is 0.258 e. The van der Waals surface area contributed by atoms with E-state index in [1.165, 1.54) is 12.1 Å². The van der Waals surface area contributed by atoms with Crippen LogP contribution in [-0.2, 0) is 20.7 Å². The fourth-order valence-electron chi connectivity index (χ4n) is 1.94. The molecule has 1 rings (SSSR count). The highest BCUT2D eigenvalue weighted by Gasteiger charge is 2.33. The monoisotopic (exact) mass is 325 g/mol. The molecule has 0 amide bonds. The molecule has 0 aliphatic rings. The lowest BCUT2D eigenvalue weighted by atomic mass is 9.77. The second-order valence-corrected chi connectivity index (χ2v) is 7.04. The molecule has 0 aliphatic heterocycles. The van der Waals surface area contributed by atoms with Crippen LogP contribution in [0.25, 0.3) is 0 Å². The summed E-state index contributed by atoms with van der Waals surface area (Å²) in [5.41, 5.74) is -0.944. The SMILES string of the molecule is CC(C)(C)C(COS(N)(=O)=O)c1cccc(C(F)(F)F)c1. The molecule has 1 aromatic rings. The molecule has 0 fully saturated rings. The van der Waals surface area contributed by atoms with Gasteiger partial charge in [-0.25, -0.2) is 5.14 Å². The maximum atomic E-state index is 12.8. The Hall–Kier alpha value is -1.12. The minimum Gasteiger partial charge on any atom is -0.258 e. The number of nitrogens with two attached hydrogens (primary N) is 1. The second kappa shape index (κ2) is 5.94. The number of rotatable bonds is 4. The van der Waals surface area contributed by atoms with Gasteiger partial charge in [-0.2, -0.15) is 21.6 Å². The minimum atomic E-state index is -4.46. The van der Waals surface area contributed by atoms with Gasteiger partial charge in [0.25, 0.3) is 0 Å². The van der Waals surface area contributed by atoms with Crippen molar-refractivity contribution in [3.8, 4) is 0 Å². The van der Waals surface area contributed by atoms with E-state index in [9.17, 15) is 21.6 Å². The van der Waals surface area contributed by atoms with Crippen LogP contribution < -0.4 is 5.14 Å². The topological polar surface area (TPSA) is 69.4 Å². The summed E-state index contributed by atoms with van der Waals surface area (Å²) in [4.78, 5) is 0. The van der Waals surface area contributed by atoms with Crippen molar-refractivity contribution < 1.29 is 25.8 Å². The van der Waals surface area contributed by atoms with E-state index in [4.69, 9.17) is 5.14 Å². The zero-order valence-electron chi connectivity index (χ0n) is 11.9. The lowest BCUT2D eigenvalue weighted by molar-refractivity contribution is -0.137. The van der Waals surface area contributed by atoms with Crippen molar-refractivity contribution in [3.63, 3.8) is 0 Å². The Balaban J connectivity index is 3.16. The Labute approximate surface area is 122 Å². The van der Waals surface area contributed by atoms with E-state index in [0.29, 0.717) is 5.56 Å². The Morgan fingerprint density at radius 1 is 1.24 bits per heavy atom. The van der Waals surface area contributed by atoms with Gasteiger partial charge in [0.1, 0.15) is 0 Å². The molecule has 0 heterocycles. The number of alkyl halides is 3. The van der Waals surface area contributed by atoms with Crippen LogP contribution in [0.2, 0.25) is 0 Å². The van der Waals surface area contributed by atoms with Crippen molar-refractivity contribution in [3.05, 3.63) is 35.4 Å². The summed E-state index contributed by atoms with van der Waals surface area (Å²) < 4.78 is 64.6. The summed E-state index contributed by atoms with van der Waals surface area (Å²) in [6.45, 7) is 5.03. The van der Waals surface area contributed by atoms with Gasteiger partial charge in [-0.3, -0.25) is 4.18 Å². The molecular formula is C13H18F3NO3S. The molecule has 2 N–H and O–H groups in total. The first-order valence-electron chi connectivity index (χ1n) is 6.15. The molecule has 0 aliphatic carbocycles. The van der Waals surface area contributed by atoms with Crippen molar-refractivity contribution >= 4 is 10.3 Å². The van der Waals surface area contributed by atoms with E-state index >= 15 is 0 Å². The fourth-order valence-corrected chi connectivity index (χ4v) is 2.27. The van der Waals surface area contributed by atoms with E-state index in [-0.39, 0.29) is 6.61 Å². The third-order valence-corrected chi connectivity index (χ3v) is 3.53. The Kier molecular flexibility index (Phi) is 5.07. The van der Waals surface area contributed by atoms with Crippen LogP contribution in [0.15, 0.2) is 24.3 Å². The number of benzene rings is 1. The molecular weight excluding hydrogens is 307 g/mol. The first-order chi connectivity index (χ1) is 9.31. The first-order valence-corrected chi connectivity index (χ1v) is 7.62. The Morgan fingerprint density at radius 2 is 1.81 bits per heavy atom. The van der Waals surface area contributed by atoms with Gasteiger partial charge in [-0.15, -0.1) is 0 Å². The summed E-state index contributed by atoms with van der Waals surface area (Å²) in [5, 5.41) is 4.77. The number of hydrogen-bond acceptors (Lipinski definition) is 3. The molecule has 8 heteroatoms. The molecule has 1 aromatic carbocycles. The van der Waals surface area contributed by atoms with Crippen LogP contribution in [0.3, 0.4) is 0 Å². The Bertz CT molecular complexity index is 591. The molecule has 21 heavy (non-hydrogen) atoms. The summed E-state index contributed by atoms with van der Waals surface area (Å²) in [7, 11) is -4.15. The van der Waals surface area contributed by atoms with Crippen molar-refractivity contribution in [2.24, 2.45) is 10.6 Å². The highest BCUT2D eigenvalue weighted by Crippen LogP contribution is 2.38. The molecule has 0 saturated heterocycles. The standard InChI is InChI=1S/C13H18F3NO3S/c1-12(2,3)11(8-20-21(17,18)19)9-5-4-6-10(7-9)13(14,15)16/h4-7,11H,8H2,1-3H3,(H2,17,18,19). The van der Waals surface area contributed by atoms with Crippen LogP contribution in [0, 0.1) is 5.41 Å². The van der Waals surface area contributed by atoms with Gasteiger partial charge >= 0.3 is 16.5 Å². The third kappa shape index (κ3) is 5.64. The van der Waals surface area contributed by atoms with Gasteiger partial charge in [0.15, 0.2) is 0 Å². The summed E-state index contributed by atoms with van der Waals surface area (Å²) in [6.07, 6.45) is -4.46. The van der Waals surface area contributed by atoms with Crippen LogP contribution in [-0.4, -0.2) is 15.0 Å². The average molecular weight is 325 g/mol. The first kappa shape index (κ1) is 17.9. The molecule has 4 nitrogen and oxygen atoms in total. The van der Waals surface area contributed by atoms with Gasteiger partial charge in [0.05, 0.1) is 12.2 Å². The van der Waals surface area contributed by atoms with Crippen LogP contribution in [0.4, 0.5) is 13.2 Å². The molecule has 0 bridgehead atoms. The number of hydrogen-bond donors (Lipinski definition) is 1. The molecule has 0 spiro atoms. The van der Waals surface area contributed by atoms with Crippen LogP contribution >= 0.6 is 0 Å². The van der Waals surface area contributed by atoms with Gasteiger partial charge in [0, 0.05) is 5.92 Å². The highest BCUT2D eigenvalue weighted by atomic mass is 32.2. The maximum absolute atomic E-state index is 12.8. The molecule has 1 unspecified atom stereocenters. The predicted octanol–water partition coefficient (Wildman–Crippen LogP) is 3.06. The van der Waals surface area contributed by atoms with Crippen molar-refractivity contribution in [2.75, 3.05) is 6.61 Å². The van der Waals surface area contributed by atoms with E-state index in [1.54, 1.807) is 20.8 Å². The average Bonchev–Trinajstić information content (AvgIpc) is 2.25. The largest absolute Gasteiger partial charge is 0.416 e. The van der Waals surface area contributed by atoms with Crippen LogP contribution in [0.5, 0.6) is 0 Å². The molecule has 120 valence electrons. The number of halogens is 3. The van der Waals surface area contributed by atoms with Crippen molar-refractivity contribution in [2.45, 2.75) is 32.9 Å². The highest BCUT2D eigenvalue weighted by molar-refractivity contribution is 7.84. The van der Waals surface area contributed by atoms with Gasteiger partial charge in [0.2, 0.25) is 0 Å². The van der Waals surface area contributed by atoms with Gasteiger partial charge in [-0.05, 0) is 17.0 Å². The lowest BCUT2D eigenvalue weighted by Gasteiger charge is -2.30. The maximum Gasteiger partial charge on any atom is 0.416 e. The van der Waals surface area contributed by atoms with Gasteiger partial charge in [-0.1, -0.05) is 39.0 Å². The fraction of sp³-hybridized carbons (Fsp3) is 0.538. The second-order valence-electron chi connectivity index (χ2n) is 5.82. The van der Waals surface area contributed by atoms with Gasteiger partial charge < -0.3 is 0 Å². The predicted molar refractivity (Wildman–Crippen MR) is 72.7 cm³/mol. The van der Waals surface area contributed by atoms with Crippen molar-refractivity contribution in [1.82, 2.24) is 0 Å².